The minimum atomic E-state index is -0.438. The molecule has 5 nitrogen and oxygen atoms in total. The van der Waals surface area contributed by atoms with Crippen molar-refractivity contribution in [3.05, 3.63) is 28.8 Å². The van der Waals surface area contributed by atoms with Gasteiger partial charge in [0.25, 0.3) is 0 Å². The lowest BCUT2D eigenvalue weighted by molar-refractivity contribution is -0.259. The Morgan fingerprint density at radius 3 is 1.94 bits per heavy atom. The molecule has 1 saturated heterocycles. The molecule has 2 N–H and O–H groups in total. The van der Waals surface area contributed by atoms with E-state index in [4.69, 9.17) is 4.74 Å². The highest BCUT2D eigenvalue weighted by atomic mass is 16.5. The van der Waals surface area contributed by atoms with E-state index in [1.165, 1.54) is 5.06 Å². The molecule has 0 atom stereocenters. The summed E-state index contributed by atoms with van der Waals surface area (Å²) >= 11 is 0. The number of esters is 1. The molecule has 1 aliphatic heterocycles. The third-order valence-corrected chi connectivity index (χ3v) is 6.44. The number of aromatic hydroxyl groups is 1. The van der Waals surface area contributed by atoms with Gasteiger partial charge in [0.1, 0.15) is 11.9 Å². The van der Waals surface area contributed by atoms with Gasteiger partial charge in [-0.25, -0.2) is 0 Å². The molecule has 0 radical (unpaired) electrons. The molecule has 1 heterocycles. The lowest BCUT2D eigenvalue weighted by Crippen LogP contribution is -2.60. The average molecular weight is 434 g/mol. The number of piperidine rings is 1. The fraction of sp³-hybridized carbons (Fsp3) is 0.731. The van der Waals surface area contributed by atoms with Crippen molar-refractivity contribution in [3.8, 4) is 5.75 Å². The second-order valence-corrected chi connectivity index (χ2v) is 10.4. The number of hydrogen-bond acceptors (Lipinski definition) is 5. The maximum absolute atomic E-state index is 12.6. The zero-order valence-electron chi connectivity index (χ0n) is 20.5. The van der Waals surface area contributed by atoms with Gasteiger partial charge in [0.2, 0.25) is 0 Å². The van der Waals surface area contributed by atoms with Crippen molar-refractivity contribution < 1.29 is 19.8 Å². The Kier molecular flexibility index (Phi) is 8.96. The van der Waals surface area contributed by atoms with Gasteiger partial charge >= 0.3 is 5.97 Å². The average Bonchev–Trinajstić information content (AvgIpc) is 2.68. The molecule has 0 saturated carbocycles. The van der Waals surface area contributed by atoms with Gasteiger partial charge in [-0.15, -0.1) is 0 Å². The number of phenolic OH excluding ortho intramolecular Hbond substituents is 1. The largest absolute Gasteiger partial charge is 0.507 e. The number of benzene rings is 1. The first kappa shape index (κ1) is 25.7. The summed E-state index contributed by atoms with van der Waals surface area (Å²) in [6.45, 7) is 12.2. The predicted molar refractivity (Wildman–Crippen MR) is 125 cm³/mol. The van der Waals surface area contributed by atoms with E-state index >= 15 is 0 Å². The smallest absolute Gasteiger partial charge is 0.306 e. The highest BCUT2D eigenvalue weighted by Gasteiger charge is 2.46. The van der Waals surface area contributed by atoms with Gasteiger partial charge in [0, 0.05) is 30.3 Å². The van der Waals surface area contributed by atoms with Crippen LogP contribution in [0.2, 0.25) is 0 Å². The Morgan fingerprint density at radius 2 is 1.48 bits per heavy atom. The summed E-state index contributed by atoms with van der Waals surface area (Å²) < 4.78 is 5.82. The quantitative estimate of drug-likeness (QED) is 0.445. The molecular formula is C26H43NO4. The SMILES string of the molecule is CCCCc1cc(CCC(=O)OC2CC(C)(C)N(O)C(C)(C)C2)cc(CCCC)c1O. The molecule has 0 aliphatic carbocycles. The van der Waals surface area contributed by atoms with Crippen LogP contribution in [0.3, 0.4) is 0 Å². The number of ether oxygens (including phenoxy) is 1. The lowest BCUT2D eigenvalue weighted by atomic mass is 9.80. The molecule has 0 unspecified atom stereocenters. The first-order chi connectivity index (χ1) is 14.5. The van der Waals surface area contributed by atoms with Crippen LogP contribution in [0.4, 0.5) is 0 Å². The van der Waals surface area contributed by atoms with Gasteiger partial charge in [-0.1, -0.05) is 38.8 Å². The van der Waals surface area contributed by atoms with Crippen LogP contribution < -0.4 is 0 Å². The van der Waals surface area contributed by atoms with Crippen molar-refractivity contribution >= 4 is 5.97 Å². The molecule has 176 valence electrons. The fourth-order valence-corrected chi connectivity index (χ4v) is 4.85. The van der Waals surface area contributed by atoms with E-state index in [2.05, 4.69) is 26.0 Å². The monoisotopic (exact) mass is 433 g/mol. The molecule has 1 aromatic carbocycles. The van der Waals surface area contributed by atoms with Gasteiger partial charge in [0.05, 0.1) is 0 Å². The Hall–Kier alpha value is -1.59. The fourth-order valence-electron chi connectivity index (χ4n) is 4.85. The van der Waals surface area contributed by atoms with Crippen molar-refractivity contribution in [2.24, 2.45) is 0 Å². The highest BCUT2D eigenvalue weighted by molar-refractivity contribution is 5.70. The number of unbranched alkanes of at least 4 members (excludes halogenated alkanes) is 2. The van der Waals surface area contributed by atoms with E-state index in [1.54, 1.807) is 0 Å². The number of nitrogens with zero attached hydrogens (tertiary/aromatic N) is 1. The van der Waals surface area contributed by atoms with Crippen LogP contribution >= 0.6 is 0 Å². The van der Waals surface area contributed by atoms with Crippen LogP contribution in [0.5, 0.6) is 5.75 Å². The standard InChI is InChI=1S/C26H43NO4/c1-7-9-11-20-15-19(16-21(24(20)29)12-10-8-2)13-14-23(28)31-22-17-25(3,4)27(30)26(5,6)18-22/h15-16,22,29-30H,7-14,17-18H2,1-6H3. The summed E-state index contributed by atoms with van der Waals surface area (Å²) in [6.07, 6.45) is 7.95. The van der Waals surface area contributed by atoms with Crippen molar-refractivity contribution in [2.75, 3.05) is 0 Å². The van der Waals surface area contributed by atoms with Gasteiger partial charge in [-0.05, 0) is 76.5 Å². The predicted octanol–water partition coefficient (Wildman–Crippen LogP) is 5.96. The van der Waals surface area contributed by atoms with Gasteiger partial charge in [-0.3, -0.25) is 4.79 Å². The summed E-state index contributed by atoms with van der Waals surface area (Å²) in [5, 5.41) is 22.5. The Labute approximate surface area is 188 Å². The normalized spacial score (nSPS) is 18.8. The number of rotatable bonds is 10. The second-order valence-electron chi connectivity index (χ2n) is 10.4. The molecule has 0 spiro atoms. The molecule has 5 heteroatoms. The van der Waals surface area contributed by atoms with E-state index in [-0.39, 0.29) is 12.1 Å². The van der Waals surface area contributed by atoms with Crippen LogP contribution in [-0.4, -0.2) is 38.5 Å². The molecular weight excluding hydrogens is 390 g/mol. The van der Waals surface area contributed by atoms with Crippen LogP contribution in [-0.2, 0) is 28.8 Å². The van der Waals surface area contributed by atoms with E-state index in [0.29, 0.717) is 31.4 Å². The Morgan fingerprint density at radius 1 is 1.00 bits per heavy atom. The first-order valence-electron chi connectivity index (χ1n) is 12.0. The maximum Gasteiger partial charge on any atom is 0.306 e. The molecule has 31 heavy (non-hydrogen) atoms. The number of carbonyl (C=O) groups is 1. The molecule has 2 rings (SSSR count). The number of aryl methyl sites for hydroxylation is 3. The van der Waals surface area contributed by atoms with Crippen molar-refractivity contribution in [3.63, 3.8) is 0 Å². The number of hydroxylamine groups is 2. The minimum absolute atomic E-state index is 0.193. The van der Waals surface area contributed by atoms with Crippen molar-refractivity contribution in [1.29, 1.82) is 0 Å². The summed E-state index contributed by atoms with van der Waals surface area (Å²) in [5.74, 6) is 0.245. The van der Waals surface area contributed by atoms with Crippen LogP contribution in [0.15, 0.2) is 12.1 Å². The van der Waals surface area contributed by atoms with Gasteiger partial charge in [-0.2, -0.15) is 5.06 Å². The maximum atomic E-state index is 12.6. The minimum Gasteiger partial charge on any atom is -0.507 e. The lowest BCUT2D eigenvalue weighted by Gasteiger charge is -2.50. The molecule has 0 aromatic heterocycles. The zero-order valence-corrected chi connectivity index (χ0v) is 20.5. The number of carbonyl (C=O) groups excluding carboxylic acids is 1. The van der Waals surface area contributed by atoms with Crippen molar-refractivity contribution in [1.82, 2.24) is 5.06 Å². The van der Waals surface area contributed by atoms with Crippen LogP contribution in [0.1, 0.15) is 103 Å². The number of hydrogen-bond donors (Lipinski definition) is 2. The first-order valence-corrected chi connectivity index (χ1v) is 12.0. The molecule has 0 amide bonds. The molecule has 1 aliphatic rings. The molecule has 0 bridgehead atoms. The second kappa shape index (κ2) is 10.8. The van der Waals surface area contributed by atoms with E-state index in [1.807, 2.05) is 27.7 Å². The van der Waals surface area contributed by atoms with E-state index < -0.39 is 11.1 Å². The van der Waals surface area contributed by atoms with E-state index in [0.717, 1.165) is 55.2 Å². The Balaban J connectivity index is 2.03. The van der Waals surface area contributed by atoms with E-state index in [9.17, 15) is 15.1 Å². The topological polar surface area (TPSA) is 70.0 Å². The van der Waals surface area contributed by atoms with Crippen molar-refractivity contribution in [2.45, 2.75) is 123 Å². The Bertz CT molecular complexity index is 694. The highest BCUT2D eigenvalue weighted by Crippen LogP contribution is 2.38. The number of phenols is 1. The summed E-state index contributed by atoms with van der Waals surface area (Å²) in [5.41, 5.74) is 2.21. The molecule has 1 fully saturated rings. The summed E-state index contributed by atoms with van der Waals surface area (Å²) in [4.78, 5) is 12.6. The third-order valence-electron chi connectivity index (χ3n) is 6.44. The van der Waals surface area contributed by atoms with Gasteiger partial charge < -0.3 is 15.1 Å². The summed E-state index contributed by atoms with van der Waals surface area (Å²) in [6, 6.07) is 4.12. The zero-order chi connectivity index (χ0) is 23.2. The van der Waals surface area contributed by atoms with Crippen LogP contribution in [0, 0.1) is 0 Å². The third kappa shape index (κ3) is 6.95. The molecule has 1 aromatic rings. The van der Waals surface area contributed by atoms with Gasteiger partial charge in [0.15, 0.2) is 0 Å². The summed E-state index contributed by atoms with van der Waals surface area (Å²) in [7, 11) is 0. The van der Waals surface area contributed by atoms with Crippen LogP contribution in [0.25, 0.3) is 0 Å².